The lowest BCUT2D eigenvalue weighted by Crippen LogP contribution is -2.29. The lowest BCUT2D eigenvalue weighted by atomic mass is 9.95. The van der Waals surface area contributed by atoms with E-state index in [2.05, 4.69) is 4.98 Å². The Bertz CT molecular complexity index is 1540. The largest absolute Gasteiger partial charge is 0.507 e. The molecule has 1 fully saturated rings. The molecule has 1 aliphatic heterocycles. The summed E-state index contributed by atoms with van der Waals surface area (Å²) in [5, 5.41) is 11.4. The molecule has 1 aliphatic rings. The fraction of sp³-hybridized carbons (Fsp3) is 0.156. The van der Waals surface area contributed by atoms with E-state index < -0.39 is 17.7 Å². The second-order valence-electron chi connectivity index (χ2n) is 9.20. The highest BCUT2D eigenvalue weighted by Crippen LogP contribution is 2.41. The first-order valence-corrected chi connectivity index (χ1v) is 12.7. The number of nitrogens with zero attached hydrogens (tertiary/aromatic N) is 2. The fourth-order valence-electron chi connectivity index (χ4n) is 4.70. The van der Waals surface area contributed by atoms with E-state index in [1.54, 1.807) is 67.0 Å². The van der Waals surface area contributed by atoms with E-state index in [0.29, 0.717) is 35.0 Å². The van der Waals surface area contributed by atoms with Crippen LogP contribution in [0.15, 0.2) is 103 Å². The van der Waals surface area contributed by atoms with Crippen LogP contribution in [0.4, 0.5) is 0 Å². The zero-order chi connectivity index (χ0) is 28.1. The normalized spacial score (nSPS) is 16.1. The Morgan fingerprint density at radius 1 is 0.850 bits per heavy atom. The number of pyridine rings is 1. The Labute approximate surface area is 232 Å². The molecule has 0 radical (unpaired) electrons. The number of aromatic nitrogens is 1. The number of Topliss-reactive ketones (excluding diaryl/α,β-unsaturated/α-hetero) is 1. The smallest absolute Gasteiger partial charge is 0.295 e. The van der Waals surface area contributed by atoms with Crippen LogP contribution in [0, 0.1) is 0 Å². The van der Waals surface area contributed by atoms with Gasteiger partial charge in [-0.15, -0.1) is 0 Å². The number of carbonyl (C=O) groups is 2. The van der Waals surface area contributed by atoms with E-state index in [1.165, 1.54) is 19.1 Å². The molecule has 5 rings (SSSR count). The number of hydrogen-bond donors (Lipinski definition) is 1. The van der Waals surface area contributed by atoms with Crippen molar-refractivity contribution in [1.82, 2.24) is 9.88 Å². The van der Waals surface area contributed by atoms with Crippen LogP contribution in [0.25, 0.3) is 5.76 Å². The summed E-state index contributed by atoms with van der Waals surface area (Å²) in [6.45, 7) is 0.562. The van der Waals surface area contributed by atoms with Gasteiger partial charge in [0.15, 0.2) is 11.5 Å². The van der Waals surface area contributed by atoms with Gasteiger partial charge in [0.1, 0.15) is 18.1 Å². The number of methoxy groups -OCH3 is 2. The molecular weight excluding hydrogens is 508 g/mol. The maximum atomic E-state index is 13.4. The van der Waals surface area contributed by atoms with Crippen LogP contribution in [0.2, 0.25) is 0 Å². The van der Waals surface area contributed by atoms with E-state index in [4.69, 9.17) is 14.2 Å². The quantitative estimate of drug-likeness (QED) is 0.176. The van der Waals surface area contributed by atoms with Gasteiger partial charge in [-0.25, -0.2) is 0 Å². The van der Waals surface area contributed by atoms with Gasteiger partial charge in [0, 0.05) is 24.5 Å². The SMILES string of the molecule is COc1ccc(/C(O)=C2\C(=O)C(=O)N(Cc3ccncc3)C2c2ccc(OCc3ccccc3)cc2)cc1OC. The number of ketones is 1. The molecular formula is C32H28N2O6. The van der Waals surface area contributed by atoms with Crippen molar-refractivity contribution < 1.29 is 28.9 Å². The monoisotopic (exact) mass is 536 g/mol. The van der Waals surface area contributed by atoms with Gasteiger partial charge in [0.05, 0.1) is 25.8 Å². The van der Waals surface area contributed by atoms with Crippen LogP contribution < -0.4 is 14.2 Å². The second kappa shape index (κ2) is 11.7. The van der Waals surface area contributed by atoms with Gasteiger partial charge in [-0.3, -0.25) is 14.6 Å². The lowest BCUT2D eigenvalue weighted by Gasteiger charge is -2.25. The Kier molecular flexibility index (Phi) is 7.77. The average Bonchev–Trinajstić information content (AvgIpc) is 3.25. The molecule has 202 valence electrons. The van der Waals surface area contributed by atoms with Gasteiger partial charge >= 0.3 is 0 Å². The molecule has 1 atom stereocenters. The summed E-state index contributed by atoms with van der Waals surface area (Å²) in [5.41, 5.74) is 2.81. The third-order valence-corrected chi connectivity index (χ3v) is 6.74. The molecule has 1 amide bonds. The second-order valence-corrected chi connectivity index (χ2v) is 9.20. The molecule has 2 heterocycles. The minimum atomic E-state index is -0.829. The number of amides is 1. The number of benzene rings is 3. The van der Waals surface area contributed by atoms with Gasteiger partial charge in [0.25, 0.3) is 11.7 Å². The first-order valence-electron chi connectivity index (χ1n) is 12.7. The molecule has 0 aliphatic carbocycles. The van der Waals surface area contributed by atoms with Crippen LogP contribution in [-0.4, -0.2) is 40.9 Å². The molecule has 1 unspecified atom stereocenters. The van der Waals surface area contributed by atoms with Crippen molar-refractivity contribution in [1.29, 1.82) is 0 Å². The zero-order valence-corrected chi connectivity index (χ0v) is 22.1. The van der Waals surface area contributed by atoms with Crippen LogP contribution in [0.1, 0.15) is 28.3 Å². The van der Waals surface area contributed by atoms with Crippen LogP contribution in [-0.2, 0) is 22.7 Å². The maximum absolute atomic E-state index is 13.4. The summed E-state index contributed by atoms with van der Waals surface area (Å²) in [7, 11) is 2.99. The Hall–Kier alpha value is -5.11. The average molecular weight is 537 g/mol. The molecule has 1 aromatic heterocycles. The van der Waals surface area contributed by atoms with Crippen molar-refractivity contribution in [3.8, 4) is 17.2 Å². The first kappa shape index (κ1) is 26.5. The first-order chi connectivity index (χ1) is 19.5. The molecule has 0 bridgehead atoms. The molecule has 40 heavy (non-hydrogen) atoms. The molecule has 1 N–H and O–H groups in total. The summed E-state index contributed by atoms with van der Waals surface area (Å²) in [6.07, 6.45) is 3.26. The van der Waals surface area contributed by atoms with Gasteiger partial charge < -0.3 is 24.2 Å². The number of likely N-dealkylation sites (tertiary alicyclic amines) is 1. The van der Waals surface area contributed by atoms with Gasteiger partial charge in [-0.2, -0.15) is 0 Å². The van der Waals surface area contributed by atoms with Crippen molar-refractivity contribution in [3.63, 3.8) is 0 Å². The predicted molar refractivity (Wildman–Crippen MR) is 149 cm³/mol. The van der Waals surface area contributed by atoms with Crippen LogP contribution >= 0.6 is 0 Å². The predicted octanol–water partition coefficient (Wildman–Crippen LogP) is 5.30. The number of rotatable bonds is 9. The van der Waals surface area contributed by atoms with Gasteiger partial charge in [-0.05, 0) is 59.2 Å². The van der Waals surface area contributed by atoms with Crippen molar-refractivity contribution in [3.05, 3.63) is 125 Å². The van der Waals surface area contributed by atoms with Crippen molar-refractivity contribution in [2.45, 2.75) is 19.2 Å². The van der Waals surface area contributed by atoms with Crippen LogP contribution in [0.3, 0.4) is 0 Å². The molecule has 1 saturated heterocycles. The van der Waals surface area contributed by atoms with Gasteiger partial charge in [-0.1, -0.05) is 42.5 Å². The Morgan fingerprint density at radius 2 is 1.55 bits per heavy atom. The number of aliphatic hydroxyl groups is 1. The highest BCUT2D eigenvalue weighted by molar-refractivity contribution is 6.46. The van der Waals surface area contributed by atoms with E-state index in [1.807, 2.05) is 30.3 Å². The minimum absolute atomic E-state index is 0.00997. The summed E-state index contributed by atoms with van der Waals surface area (Å²) in [5.74, 6) is -0.276. The molecule has 8 heteroatoms. The summed E-state index contributed by atoms with van der Waals surface area (Å²) in [6, 6.07) is 24.6. The molecule has 0 saturated carbocycles. The van der Waals surface area contributed by atoms with E-state index in [-0.39, 0.29) is 17.9 Å². The lowest BCUT2D eigenvalue weighted by molar-refractivity contribution is -0.140. The Balaban J connectivity index is 1.53. The molecule has 0 spiro atoms. The molecule has 3 aromatic carbocycles. The number of ether oxygens (including phenoxy) is 3. The minimum Gasteiger partial charge on any atom is -0.507 e. The number of hydrogen-bond acceptors (Lipinski definition) is 7. The van der Waals surface area contributed by atoms with Crippen LogP contribution in [0.5, 0.6) is 17.2 Å². The third-order valence-electron chi connectivity index (χ3n) is 6.74. The van der Waals surface area contributed by atoms with E-state index >= 15 is 0 Å². The van der Waals surface area contributed by atoms with E-state index in [0.717, 1.165) is 11.1 Å². The summed E-state index contributed by atoms with van der Waals surface area (Å²) in [4.78, 5) is 32.2. The standard InChI is InChI=1S/C32H28N2O6/c1-38-26-13-10-24(18-27(26)39-2)30(35)28-29(34(32(37)31(28)36)19-21-14-16-33-17-15-21)23-8-11-25(12-9-23)40-20-22-6-4-3-5-7-22/h3-18,29,35H,19-20H2,1-2H3/b30-28+. The number of aliphatic hydroxyl groups excluding tert-OH is 1. The van der Waals surface area contributed by atoms with Crippen molar-refractivity contribution >= 4 is 17.4 Å². The van der Waals surface area contributed by atoms with E-state index in [9.17, 15) is 14.7 Å². The maximum Gasteiger partial charge on any atom is 0.295 e. The van der Waals surface area contributed by atoms with Crippen molar-refractivity contribution in [2.24, 2.45) is 0 Å². The molecule has 8 nitrogen and oxygen atoms in total. The summed E-state index contributed by atoms with van der Waals surface area (Å²) < 4.78 is 16.6. The third kappa shape index (κ3) is 5.37. The highest BCUT2D eigenvalue weighted by atomic mass is 16.5. The fourth-order valence-corrected chi connectivity index (χ4v) is 4.70. The zero-order valence-electron chi connectivity index (χ0n) is 22.1. The Morgan fingerprint density at radius 3 is 2.23 bits per heavy atom. The molecule has 4 aromatic rings. The van der Waals surface area contributed by atoms with Gasteiger partial charge in [0.2, 0.25) is 0 Å². The topological polar surface area (TPSA) is 98.2 Å². The highest BCUT2D eigenvalue weighted by Gasteiger charge is 2.46. The van der Waals surface area contributed by atoms with Crippen molar-refractivity contribution in [2.75, 3.05) is 14.2 Å². The summed E-state index contributed by atoms with van der Waals surface area (Å²) >= 11 is 0. The number of carbonyl (C=O) groups excluding carboxylic acids is 2.